The number of hydrogen-bond donors (Lipinski definition) is 1. The third kappa shape index (κ3) is 6.18. The number of nitrogens with zero attached hydrogens (tertiary/aromatic N) is 1. The molecular formula is C29H24ClF5N2O6S. The van der Waals surface area contributed by atoms with Crippen LogP contribution in [0.3, 0.4) is 0 Å². The van der Waals surface area contributed by atoms with Gasteiger partial charge in [0.05, 0.1) is 58.2 Å². The number of hydrogen-bond acceptors (Lipinski definition) is 8. The number of carbonyl (C=O) groups is 4. The molecule has 1 atom stereocenters. The van der Waals surface area contributed by atoms with Crippen LogP contribution in [0.2, 0.25) is 5.02 Å². The first kappa shape index (κ1) is 33.0. The van der Waals surface area contributed by atoms with Gasteiger partial charge in [0.25, 0.3) is 11.8 Å². The van der Waals surface area contributed by atoms with Crippen molar-refractivity contribution in [2.75, 3.05) is 38.4 Å². The van der Waals surface area contributed by atoms with E-state index in [1.54, 1.807) is 12.1 Å². The van der Waals surface area contributed by atoms with Crippen LogP contribution in [0.15, 0.2) is 58.9 Å². The number of thioether (sulfide) groups is 1. The number of fused-ring (bicyclic) bond motifs is 1. The summed E-state index contributed by atoms with van der Waals surface area (Å²) in [7, 11) is 0.888. The van der Waals surface area contributed by atoms with Gasteiger partial charge in [0.15, 0.2) is 0 Å². The summed E-state index contributed by atoms with van der Waals surface area (Å²) in [6.07, 6.45) is -5.25. The van der Waals surface area contributed by atoms with Gasteiger partial charge in [-0.2, -0.15) is 24.9 Å². The first-order valence-electron chi connectivity index (χ1n) is 13.0. The topological polar surface area (TPSA) is 102 Å². The van der Waals surface area contributed by atoms with Gasteiger partial charge in [-0.05, 0) is 31.2 Å². The quantitative estimate of drug-likeness (QED) is 0.156. The van der Waals surface area contributed by atoms with E-state index in [1.807, 2.05) is 0 Å². The molecule has 1 N–H and O–H groups in total. The number of allylic oxidation sites excluding steroid dienone is 1. The van der Waals surface area contributed by atoms with E-state index in [1.165, 1.54) is 19.1 Å². The Bertz CT molecular complexity index is 1560. The molecule has 2 aliphatic heterocycles. The van der Waals surface area contributed by atoms with E-state index >= 15 is 4.39 Å². The fourth-order valence-corrected chi connectivity index (χ4v) is 6.19. The molecule has 4 rings (SSSR count). The number of halogens is 6. The summed E-state index contributed by atoms with van der Waals surface area (Å²) in [6.45, 7) is -0.315. The second-order valence-corrected chi connectivity index (χ2v) is 10.9. The largest absolute Gasteiger partial charge is 0.466 e. The summed E-state index contributed by atoms with van der Waals surface area (Å²) < 4.78 is 82.5. The zero-order chi connectivity index (χ0) is 32.3. The van der Waals surface area contributed by atoms with Gasteiger partial charge in [0.2, 0.25) is 0 Å². The van der Waals surface area contributed by atoms with Crippen LogP contribution >= 0.6 is 23.4 Å². The predicted octanol–water partition coefficient (Wildman–Crippen LogP) is 5.43. The third-order valence-electron chi connectivity index (χ3n) is 6.86. The van der Waals surface area contributed by atoms with E-state index in [9.17, 15) is 36.7 Å². The van der Waals surface area contributed by atoms with E-state index in [4.69, 9.17) is 21.1 Å². The maximum absolute atomic E-state index is 15.4. The molecule has 0 spiro atoms. The minimum atomic E-state index is -5.25. The standard InChI is InChI=1S/C29H24ClF5N2O6S/c1-3-43-28(41)22-19(13-44-11-10-37-25(38)14-6-4-5-7-15(14)26(37)39)36-18(12-31)21(27(40)42-2)23(22)20-17(32)9-8-16(30)24(20)29(33,34)35/h4-9,23,36H,3,10-13H2,1-2H3. The second kappa shape index (κ2) is 13.4. The maximum Gasteiger partial charge on any atom is 0.418 e. The van der Waals surface area contributed by atoms with E-state index in [-0.39, 0.29) is 41.5 Å². The van der Waals surface area contributed by atoms with Crippen molar-refractivity contribution in [3.63, 3.8) is 0 Å². The SMILES string of the molecule is CCOC(=O)C1=C(CSCCN2C(=O)c3ccccc3C2=O)NC(CF)=C(C(=O)OC)C1c1c(F)ccc(Cl)c1C(F)(F)F. The average Bonchev–Trinajstić information content (AvgIpc) is 3.23. The lowest BCUT2D eigenvalue weighted by Crippen LogP contribution is -2.37. The lowest BCUT2D eigenvalue weighted by Gasteiger charge is -2.33. The Labute approximate surface area is 257 Å². The molecule has 0 aliphatic carbocycles. The second-order valence-electron chi connectivity index (χ2n) is 9.36. The first-order chi connectivity index (χ1) is 20.9. The number of benzene rings is 2. The summed E-state index contributed by atoms with van der Waals surface area (Å²) in [6, 6.07) is 7.56. The van der Waals surface area contributed by atoms with Crippen molar-refractivity contribution in [1.82, 2.24) is 10.2 Å². The van der Waals surface area contributed by atoms with Gasteiger partial charge in [-0.3, -0.25) is 14.5 Å². The molecule has 0 aromatic heterocycles. The molecule has 2 aliphatic rings. The van der Waals surface area contributed by atoms with E-state index in [0.717, 1.165) is 23.8 Å². The molecule has 15 heteroatoms. The zero-order valence-corrected chi connectivity index (χ0v) is 24.7. The molecule has 0 radical (unpaired) electrons. The van der Waals surface area contributed by atoms with Crippen molar-refractivity contribution < 1.29 is 50.6 Å². The number of esters is 2. The van der Waals surface area contributed by atoms with Gasteiger partial charge in [-0.15, -0.1) is 0 Å². The number of dihydropyridines is 1. The maximum atomic E-state index is 15.4. The van der Waals surface area contributed by atoms with Crippen molar-refractivity contribution in [3.05, 3.63) is 92.0 Å². The molecule has 2 heterocycles. The fourth-order valence-electron chi connectivity index (χ4n) is 5.03. The van der Waals surface area contributed by atoms with Crippen LogP contribution in [0.1, 0.15) is 44.7 Å². The van der Waals surface area contributed by atoms with E-state index in [0.29, 0.717) is 12.1 Å². The molecule has 0 saturated heterocycles. The highest BCUT2D eigenvalue weighted by atomic mass is 35.5. The van der Waals surface area contributed by atoms with Crippen molar-refractivity contribution in [1.29, 1.82) is 0 Å². The number of ether oxygens (including phenoxy) is 2. The van der Waals surface area contributed by atoms with Gasteiger partial charge in [-0.25, -0.2) is 18.4 Å². The van der Waals surface area contributed by atoms with Gasteiger partial charge < -0.3 is 14.8 Å². The number of carbonyl (C=O) groups excluding carboxylic acids is 4. The molecule has 0 saturated carbocycles. The zero-order valence-electron chi connectivity index (χ0n) is 23.1. The highest BCUT2D eigenvalue weighted by molar-refractivity contribution is 7.99. The van der Waals surface area contributed by atoms with Crippen molar-refractivity contribution >= 4 is 47.1 Å². The Kier molecular flexibility index (Phi) is 10.0. The Morgan fingerprint density at radius 3 is 2.18 bits per heavy atom. The number of amides is 2. The van der Waals surface area contributed by atoms with Crippen LogP contribution in [-0.2, 0) is 25.2 Å². The van der Waals surface area contributed by atoms with Crippen LogP contribution in [0.4, 0.5) is 22.0 Å². The lowest BCUT2D eigenvalue weighted by molar-refractivity contribution is -0.141. The number of alkyl halides is 4. The Morgan fingerprint density at radius 1 is 1.02 bits per heavy atom. The molecule has 0 bridgehead atoms. The smallest absolute Gasteiger partial charge is 0.418 e. The van der Waals surface area contributed by atoms with Gasteiger partial charge in [0, 0.05) is 29.3 Å². The Morgan fingerprint density at radius 2 is 1.64 bits per heavy atom. The van der Waals surface area contributed by atoms with E-state index in [2.05, 4.69) is 5.32 Å². The molecule has 2 aromatic carbocycles. The van der Waals surface area contributed by atoms with Crippen LogP contribution in [0, 0.1) is 5.82 Å². The number of imide groups is 1. The van der Waals surface area contributed by atoms with Crippen LogP contribution in [0.5, 0.6) is 0 Å². The van der Waals surface area contributed by atoms with Crippen molar-refractivity contribution in [2.45, 2.75) is 19.0 Å². The fraction of sp³-hybridized carbons (Fsp3) is 0.310. The molecule has 0 fully saturated rings. The summed E-state index contributed by atoms with van der Waals surface area (Å²) in [5.74, 6) is -7.26. The summed E-state index contributed by atoms with van der Waals surface area (Å²) in [5, 5.41) is 1.67. The number of nitrogens with one attached hydrogen (secondary N) is 1. The number of methoxy groups -OCH3 is 1. The molecule has 234 valence electrons. The minimum absolute atomic E-state index is 0.0666. The Balaban J connectivity index is 1.77. The van der Waals surface area contributed by atoms with Crippen molar-refractivity contribution in [2.24, 2.45) is 0 Å². The van der Waals surface area contributed by atoms with Crippen LogP contribution < -0.4 is 5.32 Å². The Hall–Kier alpha value is -3.91. The lowest BCUT2D eigenvalue weighted by atomic mass is 9.78. The number of rotatable bonds is 10. The third-order valence-corrected chi connectivity index (χ3v) is 8.14. The van der Waals surface area contributed by atoms with Crippen molar-refractivity contribution in [3.8, 4) is 0 Å². The molecule has 2 aromatic rings. The highest BCUT2D eigenvalue weighted by Gasteiger charge is 2.47. The highest BCUT2D eigenvalue weighted by Crippen LogP contribution is 2.48. The van der Waals surface area contributed by atoms with Gasteiger partial charge >= 0.3 is 18.1 Å². The van der Waals surface area contributed by atoms with E-state index < -0.39 is 81.3 Å². The first-order valence-corrected chi connectivity index (χ1v) is 14.5. The molecule has 1 unspecified atom stereocenters. The van der Waals surface area contributed by atoms with Crippen LogP contribution in [0.25, 0.3) is 0 Å². The monoisotopic (exact) mass is 658 g/mol. The summed E-state index contributed by atoms with van der Waals surface area (Å²) >= 11 is 6.91. The minimum Gasteiger partial charge on any atom is -0.466 e. The molecule has 2 amide bonds. The van der Waals surface area contributed by atoms with Crippen LogP contribution in [-0.4, -0.2) is 67.1 Å². The normalized spacial score (nSPS) is 16.7. The molecular weight excluding hydrogens is 635 g/mol. The summed E-state index contributed by atoms with van der Waals surface area (Å²) in [4.78, 5) is 52.6. The average molecular weight is 659 g/mol. The molecule has 44 heavy (non-hydrogen) atoms. The summed E-state index contributed by atoms with van der Waals surface area (Å²) in [5.41, 5.74) is -4.47. The van der Waals surface area contributed by atoms with Gasteiger partial charge in [0.1, 0.15) is 12.5 Å². The predicted molar refractivity (Wildman–Crippen MR) is 150 cm³/mol. The molecule has 8 nitrogen and oxygen atoms in total. The van der Waals surface area contributed by atoms with Gasteiger partial charge in [-0.1, -0.05) is 23.7 Å².